The summed E-state index contributed by atoms with van der Waals surface area (Å²) in [5, 5.41) is 0. The maximum absolute atomic E-state index is 12.2. The van der Waals surface area contributed by atoms with Crippen molar-refractivity contribution in [3.8, 4) is 0 Å². The minimum absolute atomic E-state index is 0.160. The molecule has 122 valence electrons. The lowest BCUT2D eigenvalue weighted by Gasteiger charge is -2.23. The summed E-state index contributed by atoms with van der Waals surface area (Å²) in [5.41, 5.74) is 0. The number of anilines is 1. The minimum Gasteiger partial charge on any atom is -0.377 e. The smallest absolute Gasteiger partial charge is 0.242 e. The molecule has 2 fully saturated rings. The molecule has 2 heterocycles. The summed E-state index contributed by atoms with van der Waals surface area (Å²) in [6.45, 7) is 4.99. The lowest BCUT2D eigenvalue weighted by Crippen LogP contribution is -2.31. The molecule has 22 heavy (non-hydrogen) atoms. The monoisotopic (exact) mass is 325 g/mol. The van der Waals surface area contributed by atoms with Gasteiger partial charge in [-0.05, 0) is 44.2 Å². The Balaban J connectivity index is 1.68. The summed E-state index contributed by atoms with van der Waals surface area (Å²) in [6.07, 6.45) is 4.80. The van der Waals surface area contributed by atoms with Crippen molar-refractivity contribution in [1.82, 2.24) is 9.71 Å². The minimum atomic E-state index is -3.44. The first-order chi connectivity index (χ1) is 10.5. The van der Waals surface area contributed by atoms with Gasteiger partial charge in [-0.15, -0.1) is 0 Å². The van der Waals surface area contributed by atoms with E-state index < -0.39 is 10.0 Å². The molecule has 0 spiro atoms. The average Bonchev–Trinajstić information content (AvgIpc) is 3.33. The zero-order valence-electron chi connectivity index (χ0n) is 12.9. The molecule has 0 aromatic carbocycles. The maximum Gasteiger partial charge on any atom is 0.242 e. The third-order valence-corrected chi connectivity index (χ3v) is 5.48. The molecule has 1 atom stereocenters. The van der Waals surface area contributed by atoms with Crippen molar-refractivity contribution in [3.63, 3.8) is 0 Å². The highest BCUT2D eigenvalue weighted by Gasteiger charge is 2.24. The van der Waals surface area contributed by atoms with Crippen LogP contribution in [-0.2, 0) is 14.8 Å². The maximum atomic E-state index is 12.2. The first-order valence-corrected chi connectivity index (χ1v) is 9.35. The van der Waals surface area contributed by atoms with Crippen molar-refractivity contribution in [2.24, 2.45) is 5.92 Å². The Morgan fingerprint density at radius 2 is 2.23 bits per heavy atom. The quantitative estimate of drug-likeness (QED) is 0.886. The van der Waals surface area contributed by atoms with Crippen LogP contribution in [0.1, 0.15) is 26.2 Å². The van der Waals surface area contributed by atoms with Crippen molar-refractivity contribution in [3.05, 3.63) is 18.3 Å². The van der Waals surface area contributed by atoms with Gasteiger partial charge in [0.1, 0.15) is 10.7 Å². The van der Waals surface area contributed by atoms with Crippen LogP contribution in [0.5, 0.6) is 0 Å². The van der Waals surface area contributed by atoms with Crippen molar-refractivity contribution >= 4 is 15.8 Å². The molecule has 6 nitrogen and oxygen atoms in total. The molecule has 1 N–H and O–H groups in total. The third-order valence-electron chi connectivity index (χ3n) is 4.07. The van der Waals surface area contributed by atoms with E-state index in [1.807, 2.05) is 6.92 Å². The number of nitrogens with one attached hydrogen (secondary N) is 1. The summed E-state index contributed by atoms with van der Waals surface area (Å²) in [6, 6.07) is 3.41. The van der Waals surface area contributed by atoms with E-state index in [0.717, 1.165) is 44.8 Å². The molecule has 1 saturated carbocycles. The molecule has 1 aromatic rings. The number of hydrogen-bond donors (Lipinski definition) is 1. The van der Waals surface area contributed by atoms with Crippen LogP contribution in [0.3, 0.4) is 0 Å². The van der Waals surface area contributed by atoms with E-state index in [1.165, 1.54) is 6.20 Å². The molecule has 1 aliphatic carbocycles. The van der Waals surface area contributed by atoms with E-state index in [0.29, 0.717) is 12.5 Å². The highest BCUT2D eigenvalue weighted by molar-refractivity contribution is 7.89. The first kappa shape index (κ1) is 15.7. The van der Waals surface area contributed by atoms with Crippen molar-refractivity contribution < 1.29 is 13.2 Å². The molecular weight excluding hydrogens is 302 g/mol. The van der Waals surface area contributed by atoms with Gasteiger partial charge in [-0.3, -0.25) is 0 Å². The summed E-state index contributed by atoms with van der Waals surface area (Å²) >= 11 is 0. The van der Waals surface area contributed by atoms with Crippen LogP contribution in [0, 0.1) is 5.92 Å². The number of sulfonamides is 1. The second-order valence-corrected chi connectivity index (χ2v) is 7.90. The number of aromatic nitrogens is 1. The van der Waals surface area contributed by atoms with Gasteiger partial charge in [0.2, 0.25) is 10.0 Å². The number of rotatable bonds is 5. The van der Waals surface area contributed by atoms with Gasteiger partial charge in [0.25, 0.3) is 0 Å². The van der Waals surface area contributed by atoms with E-state index in [2.05, 4.69) is 14.6 Å². The fraction of sp³-hybridized carbons (Fsp3) is 0.667. The molecule has 1 unspecified atom stereocenters. The summed E-state index contributed by atoms with van der Waals surface area (Å²) < 4.78 is 32.6. The summed E-state index contributed by atoms with van der Waals surface area (Å²) in [4.78, 5) is 6.72. The second-order valence-electron chi connectivity index (χ2n) is 6.13. The predicted octanol–water partition coefficient (Wildman–Crippen LogP) is 1.39. The lowest BCUT2D eigenvalue weighted by atomic mass is 10.3. The van der Waals surface area contributed by atoms with Gasteiger partial charge in [0, 0.05) is 32.4 Å². The summed E-state index contributed by atoms with van der Waals surface area (Å²) in [5.74, 6) is 1.32. The van der Waals surface area contributed by atoms with Crippen molar-refractivity contribution in [2.45, 2.75) is 37.2 Å². The molecule has 2 aliphatic rings. The fourth-order valence-corrected chi connectivity index (χ4v) is 3.61. The van der Waals surface area contributed by atoms with Crippen LogP contribution < -0.4 is 9.62 Å². The van der Waals surface area contributed by atoms with Crippen LogP contribution in [-0.4, -0.2) is 45.7 Å². The van der Waals surface area contributed by atoms with E-state index in [4.69, 9.17) is 4.74 Å². The van der Waals surface area contributed by atoms with Gasteiger partial charge in [-0.25, -0.2) is 18.1 Å². The summed E-state index contributed by atoms with van der Waals surface area (Å²) in [7, 11) is -3.44. The molecule has 0 amide bonds. The Kier molecular flexibility index (Phi) is 4.65. The Morgan fingerprint density at radius 3 is 2.91 bits per heavy atom. The van der Waals surface area contributed by atoms with Crippen molar-refractivity contribution in [1.29, 1.82) is 0 Å². The molecule has 1 aromatic heterocycles. The Hall–Kier alpha value is -1.18. The van der Waals surface area contributed by atoms with Crippen LogP contribution in [0.15, 0.2) is 23.2 Å². The fourth-order valence-electron chi connectivity index (χ4n) is 2.55. The zero-order chi connectivity index (χ0) is 15.6. The SMILES string of the molecule is CC1CN(c2ccc(S(=O)(=O)NCC3CC3)cn2)CCCO1. The molecule has 1 aliphatic heterocycles. The zero-order valence-corrected chi connectivity index (χ0v) is 13.7. The lowest BCUT2D eigenvalue weighted by molar-refractivity contribution is 0.0820. The average molecular weight is 325 g/mol. The molecular formula is C15H23N3O3S. The van der Waals surface area contributed by atoms with E-state index >= 15 is 0 Å². The Labute approximate surface area is 131 Å². The third kappa shape index (κ3) is 3.97. The second kappa shape index (κ2) is 6.52. The standard InChI is InChI=1S/C15H23N3O3S/c1-12-11-18(7-2-8-21-12)15-6-5-14(10-16-15)22(19,20)17-9-13-3-4-13/h5-6,10,12-13,17H,2-4,7-9,11H2,1H3. The Morgan fingerprint density at radius 1 is 1.41 bits per heavy atom. The van der Waals surface area contributed by atoms with E-state index in [1.54, 1.807) is 12.1 Å². The first-order valence-electron chi connectivity index (χ1n) is 7.87. The number of ether oxygens (including phenoxy) is 1. The van der Waals surface area contributed by atoms with Crippen LogP contribution >= 0.6 is 0 Å². The van der Waals surface area contributed by atoms with E-state index in [-0.39, 0.29) is 11.0 Å². The molecule has 0 bridgehead atoms. The van der Waals surface area contributed by atoms with Gasteiger partial charge >= 0.3 is 0 Å². The molecule has 3 rings (SSSR count). The highest BCUT2D eigenvalue weighted by atomic mass is 32.2. The van der Waals surface area contributed by atoms with Gasteiger partial charge in [-0.2, -0.15) is 0 Å². The van der Waals surface area contributed by atoms with Gasteiger partial charge in [0.15, 0.2) is 0 Å². The van der Waals surface area contributed by atoms with Crippen LogP contribution in [0.4, 0.5) is 5.82 Å². The molecule has 7 heteroatoms. The largest absolute Gasteiger partial charge is 0.377 e. The predicted molar refractivity (Wildman–Crippen MR) is 84.4 cm³/mol. The normalized spacial score (nSPS) is 23.3. The van der Waals surface area contributed by atoms with Gasteiger partial charge in [0.05, 0.1) is 6.10 Å². The van der Waals surface area contributed by atoms with Crippen LogP contribution in [0.2, 0.25) is 0 Å². The number of hydrogen-bond acceptors (Lipinski definition) is 5. The molecule has 1 saturated heterocycles. The molecule has 0 radical (unpaired) electrons. The number of nitrogens with zero attached hydrogens (tertiary/aromatic N) is 2. The van der Waals surface area contributed by atoms with Gasteiger partial charge < -0.3 is 9.64 Å². The topological polar surface area (TPSA) is 71.5 Å². The van der Waals surface area contributed by atoms with Gasteiger partial charge in [-0.1, -0.05) is 0 Å². The van der Waals surface area contributed by atoms with Crippen LogP contribution in [0.25, 0.3) is 0 Å². The number of pyridine rings is 1. The van der Waals surface area contributed by atoms with Crippen molar-refractivity contribution in [2.75, 3.05) is 31.1 Å². The Bertz CT molecular complexity index is 599. The van der Waals surface area contributed by atoms with E-state index in [9.17, 15) is 8.42 Å². The highest BCUT2D eigenvalue weighted by Crippen LogP contribution is 2.28.